The molecule has 0 amide bonds. The molecule has 5 nitrogen and oxygen atoms in total. The monoisotopic (exact) mass is 319 g/mol. The van der Waals surface area contributed by atoms with Crippen molar-refractivity contribution in [1.29, 1.82) is 0 Å². The Morgan fingerprint density at radius 3 is 2.54 bits per heavy atom. The molecule has 0 fully saturated rings. The van der Waals surface area contributed by atoms with Crippen molar-refractivity contribution >= 4 is 22.1 Å². The largest absolute Gasteiger partial charge is 0.342 e. The van der Waals surface area contributed by atoms with Gasteiger partial charge in [0, 0.05) is 5.92 Å². The smallest absolute Gasteiger partial charge is 0.113 e. The van der Waals surface area contributed by atoms with E-state index in [2.05, 4.69) is 60.2 Å². The Morgan fingerprint density at radius 2 is 1.75 bits per heavy atom. The van der Waals surface area contributed by atoms with Gasteiger partial charge in [0.1, 0.15) is 16.9 Å². The molecule has 1 unspecified atom stereocenters. The highest BCUT2D eigenvalue weighted by atomic mass is 15.5. The molecule has 0 saturated heterocycles. The third kappa shape index (κ3) is 2.66. The van der Waals surface area contributed by atoms with E-state index in [1.165, 1.54) is 5.56 Å². The van der Waals surface area contributed by atoms with Crippen LogP contribution in [0.5, 0.6) is 0 Å². The number of fused-ring (bicyclic) bond motifs is 2. The van der Waals surface area contributed by atoms with Gasteiger partial charge in [-0.1, -0.05) is 25.1 Å². The second-order valence-corrected chi connectivity index (χ2v) is 6.68. The number of aromatic nitrogens is 5. The van der Waals surface area contributed by atoms with Crippen LogP contribution in [0.4, 0.5) is 0 Å². The molecule has 0 aliphatic heterocycles. The van der Waals surface area contributed by atoms with E-state index < -0.39 is 0 Å². The lowest BCUT2D eigenvalue weighted by Gasteiger charge is -2.08. The minimum absolute atomic E-state index is 0.273. The topological polar surface area (TPSA) is 59.4 Å². The Hall–Kier alpha value is -2.69. The average Bonchev–Trinajstić information content (AvgIpc) is 3.18. The van der Waals surface area contributed by atoms with Crippen molar-refractivity contribution in [1.82, 2.24) is 25.0 Å². The zero-order valence-electron chi connectivity index (χ0n) is 14.2. The van der Waals surface area contributed by atoms with Crippen LogP contribution in [0.3, 0.4) is 0 Å². The highest BCUT2D eigenvalue weighted by Gasteiger charge is 2.13. The van der Waals surface area contributed by atoms with Crippen LogP contribution in [0.2, 0.25) is 0 Å². The fraction of sp³-hybridized carbons (Fsp3) is 0.316. The normalized spacial score (nSPS) is 13.2. The predicted octanol–water partition coefficient (Wildman–Crippen LogP) is 4.23. The molecule has 0 aliphatic carbocycles. The van der Waals surface area contributed by atoms with Gasteiger partial charge in [-0.3, -0.25) is 0 Å². The number of H-pyrrole nitrogens is 1. The lowest BCUT2D eigenvalue weighted by molar-refractivity contribution is 0.472. The van der Waals surface area contributed by atoms with Gasteiger partial charge in [-0.15, -0.1) is 0 Å². The van der Waals surface area contributed by atoms with Gasteiger partial charge in [0.2, 0.25) is 0 Å². The van der Waals surface area contributed by atoms with Gasteiger partial charge < -0.3 is 4.98 Å². The van der Waals surface area contributed by atoms with E-state index in [1.54, 1.807) is 4.80 Å². The Bertz CT molecular complexity index is 962. The summed E-state index contributed by atoms with van der Waals surface area (Å²) in [5.74, 6) is 1.34. The molecule has 2 heterocycles. The maximum atomic E-state index is 4.71. The first-order valence-electron chi connectivity index (χ1n) is 8.40. The second-order valence-electron chi connectivity index (χ2n) is 6.68. The van der Waals surface area contributed by atoms with Crippen molar-refractivity contribution < 1.29 is 0 Å². The third-order valence-corrected chi connectivity index (χ3v) is 4.34. The number of nitrogens with one attached hydrogen (secondary N) is 1. The first-order valence-corrected chi connectivity index (χ1v) is 8.40. The SMILES string of the molecule is CC(Cc1ccc2nn(C(C)C)nc2c1)c1nc2ccccc2[nH]1. The molecule has 5 heteroatoms. The first-order chi connectivity index (χ1) is 11.6. The Morgan fingerprint density at radius 1 is 0.958 bits per heavy atom. The molecule has 0 aliphatic rings. The average molecular weight is 319 g/mol. The Labute approximate surface area is 140 Å². The van der Waals surface area contributed by atoms with Crippen LogP contribution in [0.1, 0.15) is 44.1 Å². The number of hydrogen-bond donors (Lipinski definition) is 1. The van der Waals surface area contributed by atoms with Gasteiger partial charge in [-0.25, -0.2) is 4.98 Å². The number of rotatable bonds is 4. The van der Waals surface area contributed by atoms with Crippen molar-refractivity contribution in [2.75, 3.05) is 0 Å². The number of nitrogens with zero attached hydrogens (tertiary/aromatic N) is 4. The standard InChI is InChI=1S/C19H21N5/c1-12(2)24-22-17-9-8-14(11-18(17)23-24)10-13(3)19-20-15-6-4-5-7-16(15)21-19/h4-9,11-13H,10H2,1-3H3,(H,20,21). The summed E-state index contributed by atoms with van der Waals surface area (Å²) in [5.41, 5.74) is 5.28. The van der Waals surface area contributed by atoms with Crippen LogP contribution < -0.4 is 0 Å². The molecule has 0 bridgehead atoms. The number of hydrogen-bond acceptors (Lipinski definition) is 3. The third-order valence-electron chi connectivity index (χ3n) is 4.34. The molecular weight excluding hydrogens is 298 g/mol. The molecular formula is C19H21N5. The van der Waals surface area contributed by atoms with Gasteiger partial charge in [0.25, 0.3) is 0 Å². The van der Waals surface area contributed by atoms with Gasteiger partial charge in [0.05, 0.1) is 17.1 Å². The van der Waals surface area contributed by atoms with E-state index >= 15 is 0 Å². The Balaban J connectivity index is 1.60. The zero-order chi connectivity index (χ0) is 16.7. The summed E-state index contributed by atoms with van der Waals surface area (Å²) in [6.45, 7) is 6.37. The number of benzene rings is 2. The van der Waals surface area contributed by atoms with E-state index in [0.717, 1.165) is 34.3 Å². The molecule has 4 rings (SSSR count). The lowest BCUT2D eigenvalue weighted by atomic mass is 10.0. The molecule has 2 aromatic heterocycles. The molecule has 0 radical (unpaired) electrons. The Kier molecular flexibility index (Phi) is 3.56. The number of aromatic amines is 1. The van der Waals surface area contributed by atoms with E-state index in [4.69, 9.17) is 4.98 Å². The summed E-state index contributed by atoms with van der Waals surface area (Å²) in [6, 6.07) is 14.8. The minimum atomic E-state index is 0.273. The fourth-order valence-corrected chi connectivity index (χ4v) is 2.99. The van der Waals surface area contributed by atoms with Crippen LogP contribution in [0, 0.1) is 0 Å². The van der Waals surface area contributed by atoms with Gasteiger partial charge in [0.15, 0.2) is 0 Å². The van der Waals surface area contributed by atoms with Gasteiger partial charge in [-0.2, -0.15) is 15.0 Å². The maximum absolute atomic E-state index is 4.71. The zero-order valence-corrected chi connectivity index (χ0v) is 14.2. The summed E-state index contributed by atoms with van der Waals surface area (Å²) >= 11 is 0. The quantitative estimate of drug-likeness (QED) is 0.612. The molecule has 122 valence electrons. The maximum Gasteiger partial charge on any atom is 0.113 e. The van der Waals surface area contributed by atoms with Crippen molar-refractivity contribution in [2.24, 2.45) is 0 Å². The molecule has 1 atom stereocenters. The van der Waals surface area contributed by atoms with Crippen LogP contribution in [-0.4, -0.2) is 25.0 Å². The molecule has 0 spiro atoms. The molecule has 1 N–H and O–H groups in total. The highest BCUT2D eigenvalue weighted by Crippen LogP contribution is 2.23. The lowest BCUT2D eigenvalue weighted by Crippen LogP contribution is -2.04. The summed E-state index contributed by atoms with van der Waals surface area (Å²) in [6.07, 6.45) is 0.921. The van der Waals surface area contributed by atoms with Crippen molar-refractivity contribution in [2.45, 2.75) is 39.2 Å². The molecule has 4 aromatic rings. The van der Waals surface area contributed by atoms with Crippen molar-refractivity contribution in [3.63, 3.8) is 0 Å². The molecule has 24 heavy (non-hydrogen) atoms. The van der Waals surface area contributed by atoms with E-state index in [9.17, 15) is 0 Å². The fourth-order valence-electron chi connectivity index (χ4n) is 2.99. The number of imidazole rings is 1. The van der Waals surface area contributed by atoms with Crippen LogP contribution in [0.25, 0.3) is 22.1 Å². The van der Waals surface area contributed by atoms with Gasteiger partial charge >= 0.3 is 0 Å². The van der Waals surface area contributed by atoms with E-state index in [1.807, 2.05) is 18.2 Å². The van der Waals surface area contributed by atoms with Crippen LogP contribution >= 0.6 is 0 Å². The summed E-state index contributed by atoms with van der Waals surface area (Å²) in [5, 5.41) is 9.08. The highest BCUT2D eigenvalue weighted by molar-refractivity contribution is 5.75. The molecule has 0 saturated carbocycles. The summed E-state index contributed by atoms with van der Waals surface area (Å²) in [7, 11) is 0. The van der Waals surface area contributed by atoms with Crippen molar-refractivity contribution in [3.05, 3.63) is 53.9 Å². The van der Waals surface area contributed by atoms with Gasteiger partial charge in [-0.05, 0) is 50.1 Å². The second kappa shape index (κ2) is 5.74. The van der Waals surface area contributed by atoms with Crippen LogP contribution in [-0.2, 0) is 6.42 Å². The predicted molar refractivity (Wildman–Crippen MR) is 96.1 cm³/mol. The summed E-state index contributed by atoms with van der Waals surface area (Å²) in [4.78, 5) is 9.91. The minimum Gasteiger partial charge on any atom is -0.342 e. The number of para-hydroxylation sites is 2. The van der Waals surface area contributed by atoms with Crippen LogP contribution in [0.15, 0.2) is 42.5 Å². The molecule has 2 aromatic carbocycles. The summed E-state index contributed by atoms with van der Waals surface area (Å²) < 4.78 is 0. The van der Waals surface area contributed by atoms with Crippen molar-refractivity contribution in [3.8, 4) is 0 Å². The first kappa shape index (κ1) is 14.9. The van der Waals surface area contributed by atoms with E-state index in [-0.39, 0.29) is 6.04 Å². The van der Waals surface area contributed by atoms with E-state index in [0.29, 0.717) is 5.92 Å².